The van der Waals surface area contributed by atoms with Crippen molar-refractivity contribution in [3.63, 3.8) is 0 Å². The average molecular weight is 531 g/mol. The van der Waals surface area contributed by atoms with Crippen molar-refractivity contribution in [1.29, 1.82) is 5.26 Å². The lowest BCUT2D eigenvalue weighted by Gasteiger charge is -2.60. The highest BCUT2D eigenvalue weighted by Gasteiger charge is 2.55. The van der Waals surface area contributed by atoms with Crippen molar-refractivity contribution in [2.75, 3.05) is 23.7 Å². The molecule has 0 aliphatic heterocycles. The number of aliphatic carboxylic acids is 1. The van der Waals surface area contributed by atoms with Gasteiger partial charge in [0.2, 0.25) is 5.95 Å². The fraction of sp³-hybridized carbons (Fsp3) is 0.538. The predicted molar refractivity (Wildman–Crippen MR) is 131 cm³/mol. The third-order valence-electron chi connectivity index (χ3n) is 8.06. The van der Waals surface area contributed by atoms with Crippen LogP contribution in [0.15, 0.2) is 30.5 Å². The lowest BCUT2D eigenvalue weighted by Crippen LogP contribution is -2.60. The first-order valence-corrected chi connectivity index (χ1v) is 12.7. The summed E-state index contributed by atoms with van der Waals surface area (Å²) in [5.74, 6) is 0.882. The zero-order valence-electron chi connectivity index (χ0n) is 20.6. The molecule has 2 aromatic rings. The third kappa shape index (κ3) is 5.78. The first-order chi connectivity index (χ1) is 18.1. The Kier molecular flexibility index (Phi) is 7.05. The molecular formula is C26H29F3N6O3. The minimum atomic E-state index is -4.80. The maximum Gasteiger partial charge on any atom is 0.573 e. The molecule has 1 aromatic carbocycles. The summed E-state index contributed by atoms with van der Waals surface area (Å²) in [5, 5.41) is 28.2. The molecule has 0 saturated heterocycles. The van der Waals surface area contributed by atoms with Crippen molar-refractivity contribution in [2.24, 2.45) is 23.2 Å². The van der Waals surface area contributed by atoms with Crippen LogP contribution < -0.4 is 20.7 Å². The zero-order chi connectivity index (χ0) is 26.9. The maximum absolute atomic E-state index is 12.7. The van der Waals surface area contributed by atoms with Gasteiger partial charge in [0.15, 0.2) is 0 Å². The van der Waals surface area contributed by atoms with E-state index in [0.717, 1.165) is 32.1 Å². The molecule has 0 amide bonds. The number of nitrogens with one attached hydrogen (secondary N) is 3. The van der Waals surface area contributed by atoms with Crippen molar-refractivity contribution >= 4 is 17.7 Å². The van der Waals surface area contributed by atoms with Gasteiger partial charge in [0, 0.05) is 24.7 Å². The Morgan fingerprint density at radius 2 is 1.92 bits per heavy atom. The molecule has 6 rings (SSSR count). The second-order valence-corrected chi connectivity index (χ2v) is 10.7. The van der Waals surface area contributed by atoms with Crippen LogP contribution in [0.1, 0.15) is 43.2 Å². The van der Waals surface area contributed by atoms with E-state index in [2.05, 4.69) is 36.7 Å². The normalized spacial score (nSPS) is 27.5. The van der Waals surface area contributed by atoms with Crippen LogP contribution in [0.3, 0.4) is 0 Å². The number of nitrogens with zero attached hydrogens (tertiary/aromatic N) is 3. The number of carboxylic acids is 1. The number of rotatable bonds is 10. The van der Waals surface area contributed by atoms with Gasteiger partial charge in [-0.25, -0.2) is 4.98 Å². The lowest BCUT2D eigenvalue weighted by atomic mass is 9.48. The van der Waals surface area contributed by atoms with Gasteiger partial charge in [-0.1, -0.05) is 18.2 Å². The van der Waals surface area contributed by atoms with Crippen LogP contribution in [0, 0.1) is 34.5 Å². The third-order valence-corrected chi connectivity index (χ3v) is 8.06. The highest BCUT2D eigenvalue weighted by molar-refractivity contribution is 5.69. The molecule has 0 spiro atoms. The van der Waals surface area contributed by atoms with E-state index >= 15 is 0 Å². The number of para-hydroxylation sites is 1. The number of alkyl halides is 3. The summed E-state index contributed by atoms with van der Waals surface area (Å²) in [5.41, 5.74) is 0.617. The summed E-state index contributed by atoms with van der Waals surface area (Å²) >= 11 is 0. The van der Waals surface area contributed by atoms with Crippen LogP contribution in [0.25, 0.3) is 0 Å². The van der Waals surface area contributed by atoms with Crippen molar-refractivity contribution < 1.29 is 27.8 Å². The molecule has 4 bridgehead atoms. The maximum atomic E-state index is 12.7. The molecule has 202 valence electrons. The monoisotopic (exact) mass is 530 g/mol. The van der Waals surface area contributed by atoms with Crippen LogP contribution in [0.2, 0.25) is 0 Å². The van der Waals surface area contributed by atoms with Gasteiger partial charge in [0.05, 0.1) is 12.7 Å². The van der Waals surface area contributed by atoms with Crippen LogP contribution in [-0.4, -0.2) is 46.5 Å². The van der Waals surface area contributed by atoms with Gasteiger partial charge >= 0.3 is 12.3 Å². The van der Waals surface area contributed by atoms with Crippen molar-refractivity contribution in [1.82, 2.24) is 15.3 Å². The Morgan fingerprint density at radius 1 is 1.18 bits per heavy atom. The van der Waals surface area contributed by atoms with Crippen LogP contribution in [0.4, 0.5) is 24.9 Å². The van der Waals surface area contributed by atoms with E-state index < -0.39 is 12.3 Å². The van der Waals surface area contributed by atoms with E-state index in [-0.39, 0.29) is 47.4 Å². The molecule has 0 radical (unpaired) electrons. The largest absolute Gasteiger partial charge is 0.573 e. The van der Waals surface area contributed by atoms with Crippen molar-refractivity contribution in [2.45, 2.75) is 51.1 Å². The minimum Gasteiger partial charge on any atom is -0.480 e. The summed E-state index contributed by atoms with van der Waals surface area (Å²) in [6, 6.07) is 8.15. The van der Waals surface area contributed by atoms with E-state index in [1.807, 2.05) is 0 Å². The first kappa shape index (κ1) is 26.0. The van der Waals surface area contributed by atoms with Gasteiger partial charge in [-0.3, -0.25) is 4.79 Å². The SMILES string of the molecule is N#Cc1cnc(NCc2ccccc2OC(F)(F)F)nc1NCC12CC3C[C@H](C1)C(NCC(=O)O)[C@@H](C3)C2. The Balaban J connectivity index is 1.25. The Hall–Kier alpha value is -3.59. The number of anilines is 2. The second-order valence-electron chi connectivity index (χ2n) is 10.7. The quantitative estimate of drug-likeness (QED) is 0.358. The number of nitriles is 1. The van der Waals surface area contributed by atoms with Gasteiger partial charge < -0.3 is 25.8 Å². The fourth-order valence-corrected chi connectivity index (χ4v) is 6.95. The number of benzene rings is 1. The van der Waals surface area contributed by atoms with E-state index in [0.29, 0.717) is 30.1 Å². The molecule has 4 N–H and O–H groups in total. The number of carboxylic acid groups (broad SMARTS) is 1. The highest BCUT2D eigenvalue weighted by Crippen LogP contribution is 2.60. The van der Waals surface area contributed by atoms with E-state index in [1.165, 1.54) is 24.4 Å². The summed E-state index contributed by atoms with van der Waals surface area (Å²) in [6.07, 6.45) is 1.87. The second kappa shape index (κ2) is 10.3. The molecule has 38 heavy (non-hydrogen) atoms. The standard InChI is InChI=1S/C26H29F3N6O3/c27-26(28,29)38-20-4-2-1-3-16(20)11-32-24-33-12-19(10-30)23(35-24)34-14-25-7-15-5-17(8-25)22(18(6-15)9-25)31-13-21(36)37/h1-4,12,15,17-18,22,31H,5-9,11,13-14H2,(H,36,37)(H2,32,33,34,35)/t15?,17-,18+,22?,25?. The number of hydrogen-bond donors (Lipinski definition) is 4. The number of halogens is 3. The van der Waals surface area contributed by atoms with Crippen LogP contribution in [0.5, 0.6) is 5.75 Å². The van der Waals surface area contributed by atoms with E-state index in [4.69, 9.17) is 5.11 Å². The number of carbonyl (C=O) groups is 1. The molecule has 4 fully saturated rings. The molecule has 9 nitrogen and oxygen atoms in total. The molecule has 1 heterocycles. The van der Waals surface area contributed by atoms with Crippen molar-refractivity contribution in [3.8, 4) is 11.8 Å². The molecule has 3 unspecified atom stereocenters. The zero-order valence-corrected chi connectivity index (χ0v) is 20.6. The topological polar surface area (TPSA) is 132 Å². The smallest absolute Gasteiger partial charge is 0.480 e. The summed E-state index contributed by atoms with van der Waals surface area (Å²) in [6.45, 7) is 0.607. The first-order valence-electron chi connectivity index (χ1n) is 12.7. The van der Waals surface area contributed by atoms with Gasteiger partial charge in [0.25, 0.3) is 0 Å². The van der Waals surface area contributed by atoms with E-state index in [1.54, 1.807) is 6.07 Å². The van der Waals surface area contributed by atoms with Crippen molar-refractivity contribution in [3.05, 3.63) is 41.6 Å². The Morgan fingerprint density at radius 3 is 2.61 bits per heavy atom. The summed E-state index contributed by atoms with van der Waals surface area (Å²) in [4.78, 5) is 19.7. The van der Waals surface area contributed by atoms with Crippen LogP contribution >= 0.6 is 0 Å². The Labute approximate surface area is 217 Å². The molecule has 1 aromatic heterocycles. The number of hydrogen-bond acceptors (Lipinski definition) is 8. The minimum absolute atomic E-state index is 0.00268. The van der Waals surface area contributed by atoms with Gasteiger partial charge in [-0.15, -0.1) is 13.2 Å². The Bertz CT molecular complexity index is 1220. The number of ether oxygens (including phenoxy) is 1. The molecular weight excluding hydrogens is 501 g/mol. The van der Waals surface area contributed by atoms with E-state index in [9.17, 15) is 23.2 Å². The average Bonchev–Trinajstić information content (AvgIpc) is 2.85. The predicted octanol–water partition coefficient (Wildman–Crippen LogP) is 4.14. The molecule has 4 aliphatic carbocycles. The fourth-order valence-electron chi connectivity index (χ4n) is 6.95. The molecule has 4 aliphatic rings. The molecule has 5 atom stereocenters. The summed E-state index contributed by atoms with van der Waals surface area (Å²) < 4.78 is 42.3. The molecule has 12 heteroatoms. The van der Waals surface area contributed by atoms with Gasteiger partial charge in [0.1, 0.15) is 23.2 Å². The van der Waals surface area contributed by atoms with Crippen LogP contribution in [-0.2, 0) is 11.3 Å². The highest BCUT2D eigenvalue weighted by atomic mass is 19.4. The molecule has 4 saturated carbocycles. The summed E-state index contributed by atoms with van der Waals surface area (Å²) in [7, 11) is 0. The number of aromatic nitrogens is 2. The lowest BCUT2D eigenvalue weighted by molar-refractivity contribution is -0.274. The van der Waals surface area contributed by atoms with Gasteiger partial charge in [-0.2, -0.15) is 10.2 Å². The van der Waals surface area contributed by atoms with Gasteiger partial charge in [-0.05, 0) is 61.3 Å².